The molecule has 0 spiro atoms. The van der Waals surface area contributed by atoms with Crippen LogP contribution >= 0.6 is 0 Å². The molecule has 1 unspecified atom stereocenters. The van der Waals surface area contributed by atoms with Crippen molar-refractivity contribution in [2.75, 3.05) is 32.7 Å². The quantitative estimate of drug-likeness (QED) is 0.756. The first-order valence-electron chi connectivity index (χ1n) is 6.81. The molecule has 0 aromatic carbocycles. The summed E-state index contributed by atoms with van der Waals surface area (Å²) in [6, 6.07) is 1.07. The van der Waals surface area contributed by atoms with Crippen LogP contribution in [0.2, 0.25) is 0 Å². The first-order chi connectivity index (χ1) is 8.37. The van der Waals surface area contributed by atoms with Crippen LogP contribution < -0.4 is 5.32 Å². The standard InChI is InChI=1S/C13H25N3O2/c1-10-7-14-5-6-16(10)11-8-15(9-11)12(17)18-13(2,3)4/h10-11,14H,5-9H2,1-4H3. The fraction of sp³-hybridized carbons (Fsp3) is 0.923. The molecule has 2 heterocycles. The van der Waals surface area contributed by atoms with Crippen molar-refractivity contribution in [1.82, 2.24) is 15.1 Å². The van der Waals surface area contributed by atoms with Crippen LogP contribution in [0.4, 0.5) is 4.79 Å². The van der Waals surface area contributed by atoms with E-state index in [1.807, 2.05) is 20.8 Å². The second-order valence-electron chi connectivity index (χ2n) is 6.33. The van der Waals surface area contributed by atoms with Crippen LogP contribution in [0.5, 0.6) is 0 Å². The van der Waals surface area contributed by atoms with Crippen LogP contribution in [0, 0.1) is 0 Å². The number of piperazine rings is 1. The molecule has 5 heteroatoms. The summed E-state index contributed by atoms with van der Waals surface area (Å²) < 4.78 is 5.36. The molecule has 2 aliphatic heterocycles. The fourth-order valence-corrected chi connectivity index (χ4v) is 2.54. The van der Waals surface area contributed by atoms with Gasteiger partial charge in [-0.05, 0) is 27.7 Å². The van der Waals surface area contributed by atoms with Gasteiger partial charge in [-0.2, -0.15) is 0 Å². The molecule has 2 saturated heterocycles. The van der Waals surface area contributed by atoms with Crippen molar-refractivity contribution < 1.29 is 9.53 Å². The van der Waals surface area contributed by atoms with Crippen molar-refractivity contribution >= 4 is 6.09 Å². The molecule has 18 heavy (non-hydrogen) atoms. The van der Waals surface area contributed by atoms with Gasteiger partial charge in [-0.25, -0.2) is 4.79 Å². The zero-order valence-corrected chi connectivity index (χ0v) is 11.9. The summed E-state index contributed by atoms with van der Waals surface area (Å²) in [5.74, 6) is 0. The van der Waals surface area contributed by atoms with Gasteiger partial charge in [0.2, 0.25) is 0 Å². The smallest absolute Gasteiger partial charge is 0.410 e. The number of carbonyl (C=O) groups is 1. The Bertz CT molecular complexity index is 308. The van der Waals surface area contributed by atoms with Gasteiger partial charge in [0.25, 0.3) is 0 Å². The monoisotopic (exact) mass is 255 g/mol. The van der Waals surface area contributed by atoms with Gasteiger partial charge >= 0.3 is 6.09 Å². The largest absolute Gasteiger partial charge is 0.444 e. The minimum absolute atomic E-state index is 0.179. The van der Waals surface area contributed by atoms with Crippen molar-refractivity contribution in [1.29, 1.82) is 0 Å². The Balaban J connectivity index is 1.78. The Labute approximate surface area is 109 Å². The number of nitrogens with zero attached hydrogens (tertiary/aromatic N) is 2. The Morgan fingerprint density at radius 2 is 2.00 bits per heavy atom. The molecule has 2 rings (SSSR count). The van der Waals surface area contributed by atoms with Crippen LogP contribution in [-0.4, -0.2) is 66.3 Å². The summed E-state index contributed by atoms with van der Waals surface area (Å²) in [6.07, 6.45) is -0.179. The highest BCUT2D eigenvalue weighted by atomic mass is 16.6. The van der Waals surface area contributed by atoms with Crippen molar-refractivity contribution in [3.8, 4) is 0 Å². The molecule has 0 aliphatic carbocycles. The molecule has 0 bridgehead atoms. The Morgan fingerprint density at radius 1 is 1.33 bits per heavy atom. The summed E-state index contributed by atoms with van der Waals surface area (Å²) in [5.41, 5.74) is -0.398. The van der Waals surface area contributed by atoms with Gasteiger partial charge < -0.3 is 15.0 Å². The number of nitrogens with one attached hydrogen (secondary N) is 1. The molecule has 0 saturated carbocycles. The van der Waals surface area contributed by atoms with E-state index in [0.717, 1.165) is 32.7 Å². The van der Waals surface area contributed by atoms with Gasteiger partial charge in [-0.15, -0.1) is 0 Å². The number of amides is 1. The number of rotatable bonds is 1. The molecule has 5 nitrogen and oxygen atoms in total. The first kappa shape index (κ1) is 13.6. The zero-order valence-electron chi connectivity index (χ0n) is 11.9. The predicted molar refractivity (Wildman–Crippen MR) is 70.6 cm³/mol. The minimum atomic E-state index is -0.398. The molecular formula is C13H25N3O2. The highest BCUT2D eigenvalue weighted by Crippen LogP contribution is 2.21. The van der Waals surface area contributed by atoms with Gasteiger partial charge in [0.15, 0.2) is 0 Å². The third kappa shape index (κ3) is 3.14. The maximum atomic E-state index is 11.8. The predicted octanol–water partition coefficient (Wildman–Crippen LogP) is 0.899. The molecule has 2 aliphatic rings. The molecule has 1 N–H and O–H groups in total. The summed E-state index contributed by atoms with van der Waals surface area (Å²) in [5, 5.41) is 3.39. The van der Waals surface area contributed by atoms with Crippen LogP contribution in [0.1, 0.15) is 27.7 Å². The molecule has 1 amide bonds. The lowest BCUT2D eigenvalue weighted by Crippen LogP contribution is -2.66. The Morgan fingerprint density at radius 3 is 2.56 bits per heavy atom. The molecule has 0 aromatic rings. The topological polar surface area (TPSA) is 44.8 Å². The molecule has 0 aromatic heterocycles. The second-order valence-corrected chi connectivity index (χ2v) is 6.33. The maximum Gasteiger partial charge on any atom is 0.410 e. The lowest BCUT2D eigenvalue weighted by Gasteiger charge is -2.49. The van der Waals surface area contributed by atoms with Gasteiger partial charge in [0.05, 0.1) is 0 Å². The van der Waals surface area contributed by atoms with E-state index in [1.54, 1.807) is 4.90 Å². The third-order valence-electron chi connectivity index (χ3n) is 3.54. The van der Waals surface area contributed by atoms with E-state index in [2.05, 4.69) is 17.1 Å². The zero-order chi connectivity index (χ0) is 13.3. The van der Waals surface area contributed by atoms with E-state index in [4.69, 9.17) is 4.74 Å². The van der Waals surface area contributed by atoms with E-state index >= 15 is 0 Å². The summed E-state index contributed by atoms with van der Waals surface area (Å²) in [4.78, 5) is 16.1. The van der Waals surface area contributed by atoms with Crippen LogP contribution in [-0.2, 0) is 4.74 Å². The van der Waals surface area contributed by atoms with Crippen LogP contribution in [0.3, 0.4) is 0 Å². The molecule has 1 atom stereocenters. The average Bonchev–Trinajstić information content (AvgIpc) is 2.15. The SMILES string of the molecule is CC1CNCCN1C1CN(C(=O)OC(C)(C)C)C1. The lowest BCUT2D eigenvalue weighted by molar-refractivity contribution is -0.0268. The van der Waals surface area contributed by atoms with E-state index in [-0.39, 0.29) is 6.09 Å². The van der Waals surface area contributed by atoms with Crippen molar-refractivity contribution in [3.63, 3.8) is 0 Å². The second kappa shape index (κ2) is 5.05. The fourth-order valence-electron chi connectivity index (χ4n) is 2.54. The lowest BCUT2D eigenvalue weighted by atomic mass is 10.0. The van der Waals surface area contributed by atoms with E-state index < -0.39 is 5.60 Å². The molecule has 2 fully saturated rings. The Kier molecular flexibility index (Phi) is 3.82. The summed E-state index contributed by atoms with van der Waals surface area (Å²) in [6.45, 7) is 12.7. The normalized spacial score (nSPS) is 26.9. The van der Waals surface area contributed by atoms with Gasteiger partial charge in [-0.1, -0.05) is 0 Å². The minimum Gasteiger partial charge on any atom is -0.444 e. The van der Waals surface area contributed by atoms with E-state index in [9.17, 15) is 4.79 Å². The van der Waals surface area contributed by atoms with E-state index in [1.165, 1.54) is 0 Å². The summed E-state index contributed by atoms with van der Waals surface area (Å²) >= 11 is 0. The maximum absolute atomic E-state index is 11.8. The van der Waals surface area contributed by atoms with Crippen molar-refractivity contribution in [2.45, 2.75) is 45.4 Å². The van der Waals surface area contributed by atoms with Crippen molar-refractivity contribution in [2.24, 2.45) is 0 Å². The van der Waals surface area contributed by atoms with Gasteiger partial charge in [-0.3, -0.25) is 4.90 Å². The molecular weight excluding hydrogens is 230 g/mol. The first-order valence-corrected chi connectivity index (χ1v) is 6.81. The Hall–Kier alpha value is -0.810. The average molecular weight is 255 g/mol. The number of carbonyl (C=O) groups excluding carboxylic acids is 1. The molecule has 104 valence electrons. The number of likely N-dealkylation sites (tertiary alicyclic amines) is 1. The van der Waals surface area contributed by atoms with Gasteiger partial charge in [0.1, 0.15) is 5.60 Å². The van der Waals surface area contributed by atoms with Crippen LogP contribution in [0.25, 0.3) is 0 Å². The van der Waals surface area contributed by atoms with Crippen LogP contribution in [0.15, 0.2) is 0 Å². The highest BCUT2D eigenvalue weighted by Gasteiger charge is 2.39. The van der Waals surface area contributed by atoms with Gasteiger partial charge in [0, 0.05) is 44.8 Å². The van der Waals surface area contributed by atoms with Crippen molar-refractivity contribution in [3.05, 3.63) is 0 Å². The summed E-state index contributed by atoms with van der Waals surface area (Å²) in [7, 11) is 0. The molecule has 0 radical (unpaired) electrons. The number of hydrogen-bond acceptors (Lipinski definition) is 4. The number of hydrogen-bond donors (Lipinski definition) is 1. The number of ether oxygens (including phenoxy) is 1. The third-order valence-corrected chi connectivity index (χ3v) is 3.54. The highest BCUT2D eigenvalue weighted by molar-refractivity contribution is 5.69. The van der Waals surface area contributed by atoms with E-state index in [0.29, 0.717) is 12.1 Å².